The maximum atomic E-state index is 12.6. The molecule has 0 spiro atoms. The maximum Gasteiger partial charge on any atom is 0.275 e. The van der Waals surface area contributed by atoms with Gasteiger partial charge >= 0.3 is 0 Å². The van der Waals surface area contributed by atoms with Crippen molar-refractivity contribution >= 4 is 17.6 Å². The van der Waals surface area contributed by atoms with Crippen molar-refractivity contribution in [2.24, 2.45) is 13.0 Å². The zero-order valence-corrected chi connectivity index (χ0v) is 14.2. The first-order valence-corrected chi connectivity index (χ1v) is 8.11. The highest BCUT2D eigenvalue weighted by molar-refractivity contribution is 6.10. The second-order valence-corrected chi connectivity index (χ2v) is 6.45. The van der Waals surface area contributed by atoms with Crippen LogP contribution in [0.3, 0.4) is 0 Å². The van der Waals surface area contributed by atoms with Crippen LogP contribution in [-0.4, -0.2) is 49.4 Å². The number of likely N-dealkylation sites (tertiary alicyclic amines) is 1. The van der Waals surface area contributed by atoms with Gasteiger partial charge in [0.15, 0.2) is 5.82 Å². The molecule has 0 radical (unpaired) electrons. The highest BCUT2D eigenvalue weighted by Crippen LogP contribution is 2.17. The Bertz CT molecular complexity index is 756. The lowest BCUT2D eigenvalue weighted by molar-refractivity contribution is 0.0648. The molecule has 2 aromatic rings. The number of carbonyl (C=O) groups is 2. The first kappa shape index (κ1) is 16.2. The summed E-state index contributed by atoms with van der Waals surface area (Å²) >= 11 is 0. The van der Waals surface area contributed by atoms with E-state index in [0.29, 0.717) is 17.3 Å². The molecule has 1 saturated heterocycles. The van der Waals surface area contributed by atoms with Crippen molar-refractivity contribution in [3.63, 3.8) is 0 Å². The van der Waals surface area contributed by atoms with Crippen molar-refractivity contribution in [3.8, 4) is 0 Å². The predicted molar refractivity (Wildman–Crippen MR) is 88.7 cm³/mol. The molecule has 0 aliphatic carbocycles. The number of hydrogen-bond acceptors (Lipinski definition) is 4. The van der Waals surface area contributed by atoms with E-state index in [9.17, 15) is 9.59 Å². The summed E-state index contributed by atoms with van der Waals surface area (Å²) in [5, 5.41) is 11.1. The Kier molecular flexibility index (Phi) is 4.37. The number of hydrogen-bond donors (Lipinski definition) is 1. The molecule has 3 heterocycles. The minimum absolute atomic E-state index is 0.148. The summed E-state index contributed by atoms with van der Waals surface area (Å²) in [5.41, 5.74) is 0.585. The molecule has 1 fully saturated rings. The Morgan fingerprint density at radius 2 is 2.08 bits per heavy atom. The average Bonchev–Trinajstić information content (AvgIpc) is 3.02. The number of aryl methyl sites for hydroxylation is 1. The van der Waals surface area contributed by atoms with Crippen molar-refractivity contribution in [2.75, 3.05) is 18.4 Å². The van der Waals surface area contributed by atoms with E-state index in [4.69, 9.17) is 0 Å². The number of carbonyl (C=O) groups excluding carboxylic acids is 2. The van der Waals surface area contributed by atoms with Gasteiger partial charge in [-0.05, 0) is 12.3 Å². The molecule has 1 aliphatic heterocycles. The van der Waals surface area contributed by atoms with Crippen LogP contribution in [-0.2, 0) is 13.6 Å². The molecule has 0 saturated carbocycles. The molecule has 128 valence electrons. The maximum absolute atomic E-state index is 12.6. The smallest absolute Gasteiger partial charge is 0.275 e. The molecule has 0 bridgehead atoms. The molecule has 2 amide bonds. The van der Waals surface area contributed by atoms with Crippen LogP contribution >= 0.6 is 0 Å². The van der Waals surface area contributed by atoms with Crippen LogP contribution in [0.1, 0.15) is 41.1 Å². The van der Waals surface area contributed by atoms with Gasteiger partial charge in [-0.25, -0.2) is 0 Å². The van der Waals surface area contributed by atoms with Crippen molar-refractivity contribution in [2.45, 2.75) is 26.8 Å². The number of amides is 2. The van der Waals surface area contributed by atoms with Gasteiger partial charge in [-0.1, -0.05) is 13.8 Å². The van der Waals surface area contributed by atoms with Crippen LogP contribution in [0.2, 0.25) is 0 Å². The molecule has 0 aromatic carbocycles. The lowest BCUT2D eigenvalue weighted by Gasteiger charge is -2.30. The second-order valence-electron chi connectivity index (χ2n) is 6.45. The molecule has 8 nitrogen and oxygen atoms in total. The zero-order valence-electron chi connectivity index (χ0n) is 14.2. The zero-order chi connectivity index (χ0) is 17.3. The fourth-order valence-corrected chi connectivity index (χ4v) is 2.63. The Hall–Kier alpha value is -2.64. The molecule has 1 N–H and O–H groups in total. The summed E-state index contributed by atoms with van der Waals surface area (Å²) in [4.78, 5) is 26.7. The lowest BCUT2D eigenvalue weighted by Crippen LogP contribution is -2.42. The monoisotopic (exact) mass is 330 g/mol. The van der Waals surface area contributed by atoms with Crippen LogP contribution in [0.5, 0.6) is 0 Å². The topological polar surface area (TPSA) is 85.0 Å². The van der Waals surface area contributed by atoms with Crippen molar-refractivity contribution < 1.29 is 9.59 Å². The molecule has 0 atom stereocenters. The molecule has 24 heavy (non-hydrogen) atoms. The predicted octanol–water partition coefficient (Wildman–Crippen LogP) is 1.37. The lowest BCUT2D eigenvalue weighted by atomic mass is 10.1. The van der Waals surface area contributed by atoms with Gasteiger partial charge in [0, 0.05) is 38.9 Å². The standard InChI is InChI=1S/C16H22N6O2/c1-11(2)10-22-8-5-13(19-22)18-15(23)14-12(9-17-20(14)3)16(24)21-6-4-7-21/h5,8-9,11H,4,6-7,10H2,1-3H3,(H,18,19,23). The average molecular weight is 330 g/mol. The van der Waals surface area contributed by atoms with E-state index in [-0.39, 0.29) is 17.5 Å². The van der Waals surface area contributed by atoms with Crippen molar-refractivity contribution in [1.29, 1.82) is 0 Å². The van der Waals surface area contributed by atoms with Gasteiger partial charge in [-0.2, -0.15) is 10.2 Å². The SMILES string of the molecule is CC(C)Cn1ccc(NC(=O)c2c(C(=O)N3CCC3)cnn2C)n1. The second kappa shape index (κ2) is 6.46. The van der Waals surface area contributed by atoms with Crippen molar-refractivity contribution in [3.05, 3.63) is 29.7 Å². The van der Waals surface area contributed by atoms with E-state index < -0.39 is 0 Å². The fraction of sp³-hybridized carbons (Fsp3) is 0.500. The van der Waals surface area contributed by atoms with E-state index >= 15 is 0 Å². The Labute approximate surface area is 140 Å². The number of nitrogens with zero attached hydrogens (tertiary/aromatic N) is 5. The number of anilines is 1. The fourth-order valence-electron chi connectivity index (χ4n) is 2.63. The summed E-state index contributed by atoms with van der Waals surface area (Å²) in [6.45, 7) is 6.44. The number of aromatic nitrogens is 4. The van der Waals surface area contributed by atoms with Crippen molar-refractivity contribution in [1.82, 2.24) is 24.5 Å². The molecular formula is C16H22N6O2. The van der Waals surface area contributed by atoms with Gasteiger partial charge in [0.2, 0.25) is 0 Å². The van der Waals surface area contributed by atoms with E-state index in [2.05, 4.69) is 29.4 Å². The van der Waals surface area contributed by atoms with Crippen LogP contribution in [0, 0.1) is 5.92 Å². The number of rotatable bonds is 5. The summed E-state index contributed by atoms with van der Waals surface area (Å²) in [6, 6.07) is 1.74. The first-order chi connectivity index (χ1) is 11.5. The molecule has 0 unspecified atom stereocenters. The minimum Gasteiger partial charge on any atom is -0.338 e. The van der Waals surface area contributed by atoms with E-state index in [1.54, 1.807) is 22.7 Å². The highest BCUT2D eigenvalue weighted by Gasteiger charge is 2.28. The van der Waals surface area contributed by atoms with Gasteiger partial charge in [0.25, 0.3) is 11.8 Å². The van der Waals surface area contributed by atoms with Gasteiger partial charge in [0.05, 0.1) is 11.8 Å². The van der Waals surface area contributed by atoms with Crippen LogP contribution < -0.4 is 5.32 Å². The van der Waals surface area contributed by atoms with Gasteiger partial charge in [-0.15, -0.1) is 0 Å². The number of nitrogens with one attached hydrogen (secondary N) is 1. The Balaban J connectivity index is 1.76. The third-order valence-electron chi connectivity index (χ3n) is 3.96. The first-order valence-electron chi connectivity index (χ1n) is 8.11. The summed E-state index contributed by atoms with van der Waals surface area (Å²) < 4.78 is 3.21. The van der Waals surface area contributed by atoms with Gasteiger partial charge in [0.1, 0.15) is 5.69 Å². The van der Waals surface area contributed by atoms with Gasteiger partial charge in [-0.3, -0.25) is 19.0 Å². The molecule has 8 heteroatoms. The third-order valence-corrected chi connectivity index (χ3v) is 3.96. The Morgan fingerprint density at radius 1 is 1.33 bits per heavy atom. The van der Waals surface area contributed by atoms with Crippen LogP contribution in [0.25, 0.3) is 0 Å². The third kappa shape index (κ3) is 3.17. The molecule has 1 aliphatic rings. The largest absolute Gasteiger partial charge is 0.338 e. The van der Waals surface area contributed by atoms with Crippen LogP contribution in [0.4, 0.5) is 5.82 Å². The molecule has 2 aromatic heterocycles. The normalized spacial score (nSPS) is 13.9. The summed E-state index contributed by atoms with van der Waals surface area (Å²) in [5.74, 6) is 0.397. The Morgan fingerprint density at radius 3 is 2.71 bits per heavy atom. The van der Waals surface area contributed by atoms with E-state index in [0.717, 1.165) is 26.1 Å². The quantitative estimate of drug-likeness (QED) is 0.897. The summed E-state index contributed by atoms with van der Waals surface area (Å²) in [6.07, 6.45) is 4.28. The van der Waals surface area contributed by atoms with E-state index in [1.807, 2.05) is 6.20 Å². The highest BCUT2D eigenvalue weighted by atomic mass is 16.2. The van der Waals surface area contributed by atoms with Crippen LogP contribution in [0.15, 0.2) is 18.5 Å². The summed E-state index contributed by atoms with van der Waals surface area (Å²) in [7, 11) is 1.65. The van der Waals surface area contributed by atoms with E-state index in [1.165, 1.54) is 10.9 Å². The minimum atomic E-state index is -0.381. The molecule has 3 rings (SSSR count). The molecular weight excluding hydrogens is 308 g/mol. The van der Waals surface area contributed by atoms with Gasteiger partial charge < -0.3 is 10.2 Å².